The molecule has 0 amide bonds. The number of hydrogen-bond donors (Lipinski definition) is 3. The molecule has 4 saturated carbocycles. The number of fused-ring (bicyclic) bond motifs is 5. The SMILES string of the molecule is CC(=O)C1(O)CC2CC(O)CC(C)C2(C)C2CC(O)(C(C)=O)C3(C)C(C(C)CCC(=O)O[Si](C)CC(C)(C)C)CCC3C21. The van der Waals surface area contributed by atoms with Gasteiger partial charge in [-0.3, -0.25) is 14.4 Å². The van der Waals surface area contributed by atoms with Gasteiger partial charge in [0.05, 0.1) is 6.10 Å². The van der Waals surface area contributed by atoms with Gasteiger partial charge in [-0.1, -0.05) is 48.5 Å². The van der Waals surface area contributed by atoms with Crippen LogP contribution in [0.5, 0.6) is 0 Å². The summed E-state index contributed by atoms with van der Waals surface area (Å²) in [5, 5.41) is 35.7. The standard InChI is InChI=1S/C35H59O7Si/c1-20(11-14-29(39)42-43(10)19-31(5,6)7)26-12-13-27-30-28(18-35(41,23(4)37)33(26,27)9)32(8)21(2)15-25(38)16-24(32)17-34(30,40)22(3)36/h20-21,24-28,30,38,40-41H,11-19H2,1-10H3. The summed E-state index contributed by atoms with van der Waals surface area (Å²) in [6.45, 7) is 20.0. The van der Waals surface area contributed by atoms with E-state index in [2.05, 4.69) is 41.5 Å². The summed E-state index contributed by atoms with van der Waals surface area (Å²) in [5.74, 6) is -1.47. The van der Waals surface area contributed by atoms with Crippen molar-refractivity contribution in [3.63, 3.8) is 0 Å². The molecule has 0 aromatic carbocycles. The van der Waals surface area contributed by atoms with Crippen LogP contribution in [0.1, 0.15) is 114 Å². The molecule has 43 heavy (non-hydrogen) atoms. The summed E-state index contributed by atoms with van der Waals surface area (Å²) >= 11 is 0. The van der Waals surface area contributed by atoms with Gasteiger partial charge >= 0.3 is 0 Å². The molecule has 12 unspecified atom stereocenters. The summed E-state index contributed by atoms with van der Waals surface area (Å²) in [7, 11) is -1.24. The second-order valence-corrected chi connectivity index (χ2v) is 19.0. The molecule has 245 valence electrons. The van der Waals surface area contributed by atoms with Crippen molar-refractivity contribution in [2.24, 2.45) is 57.7 Å². The highest BCUT2D eigenvalue weighted by Gasteiger charge is 2.75. The van der Waals surface area contributed by atoms with Crippen molar-refractivity contribution < 1.29 is 34.1 Å². The van der Waals surface area contributed by atoms with Crippen LogP contribution in [-0.2, 0) is 18.8 Å². The Kier molecular flexibility index (Phi) is 9.39. The molecule has 3 N–H and O–H groups in total. The summed E-state index contributed by atoms with van der Waals surface area (Å²) in [6, 6.07) is 0.881. The number of hydrogen-bond acceptors (Lipinski definition) is 7. The predicted octanol–water partition coefficient (Wildman–Crippen LogP) is 5.74. The Morgan fingerprint density at radius 3 is 2.19 bits per heavy atom. The molecule has 0 aromatic rings. The number of Topliss-reactive ketones (excluding diaryl/α,β-unsaturated/α-hetero) is 2. The molecule has 8 heteroatoms. The van der Waals surface area contributed by atoms with Crippen LogP contribution < -0.4 is 0 Å². The first-order valence-electron chi connectivity index (χ1n) is 16.8. The van der Waals surface area contributed by atoms with Gasteiger partial charge in [0, 0.05) is 17.8 Å². The second kappa shape index (κ2) is 11.6. The van der Waals surface area contributed by atoms with Crippen molar-refractivity contribution in [1.82, 2.24) is 0 Å². The normalized spacial score (nSPS) is 45.1. The van der Waals surface area contributed by atoms with Gasteiger partial charge in [-0.2, -0.15) is 0 Å². The maximum atomic E-state index is 13.6. The van der Waals surface area contributed by atoms with E-state index < -0.39 is 31.8 Å². The maximum Gasteiger partial charge on any atom is 0.292 e. The molecule has 4 fully saturated rings. The van der Waals surface area contributed by atoms with E-state index in [4.69, 9.17) is 4.43 Å². The smallest absolute Gasteiger partial charge is 0.292 e. The lowest BCUT2D eigenvalue weighted by molar-refractivity contribution is -0.267. The first-order chi connectivity index (χ1) is 19.6. The first kappa shape index (κ1) is 34.8. The summed E-state index contributed by atoms with van der Waals surface area (Å²) in [4.78, 5) is 39.8. The fourth-order valence-electron chi connectivity index (χ4n) is 11.2. The van der Waals surface area contributed by atoms with Crippen LogP contribution in [0.2, 0.25) is 12.6 Å². The van der Waals surface area contributed by atoms with Crippen molar-refractivity contribution in [3.8, 4) is 0 Å². The molecule has 0 spiro atoms. The van der Waals surface area contributed by atoms with E-state index in [1.807, 2.05) is 13.5 Å². The van der Waals surface area contributed by atoms with E-state index in [9.17, 15) is 29.7 Å². The number of aliphatic hydroxyl groups excluding tert-OH is 1. The van der Waals surface area contributed by atoms with Crippen molar-refractivity contribution in [2.75, 3.05) is 0 Å². The van der Waals surface area contributed by atoms with E-state index >= 15 is 0 Å². The molecular formula is C35H59O7Si. The number of carbonyl (C=O) groups excluding carboxylic acids is 3. The first-order valence-corrected chi connectivity index (χ1v) is 18.9. The van der Waals surface area contributed by atoms with Gasteiger partial charge in [-0.15, -0.1) is 0 Å². The average Bonchev–Trinajstić information content (AvgIpc) is 3.22. The highest BCUT2D eigenvalue weighted by atomic mass is 28.3. The predicted molar refractivity (Wildman–Crippen MR) is 168 cm³/mol. The Morgan fingerprint density at radius 2 is 1.63 bits per heavy atom. The Balaban J connectivity index is 1.67. The summed E-state index contributed by atoms with van der Waals surface area (Å²) in [6.07, 6.45) is 3.59. The van der Waals surface area contributed by atoms with Crippen LogP contribution in [0, 0.1) is 57.7 Å². The molecule has 0 saturated heterocycles. The van der Waals surface area contributed by atoms with Crippen LogP contribution >= 0.6 is 0 Å². The van der Waals surface area contributed by atoms with Gasteiger partial charge in [0.15, 0.2) is 11.6 Å². The third kappa shape index (κ3) is 5.63. The lowest BCUT2D eigenvalue weighted by Gasteiger charge is -2.69. The van der Waals surface area contributed by atoms with Crippen LogP contribution in [0.15, 0.2) is 0 Å². The van der Waals surface area contributed by atoms with Crippen molar-refractivity contribution in [3.05, 3.63) is 0 Å². The molecule has 0 aromatic heterocycles. The zero-order chi connectivity index (χ0) is 32.5. The van der Waals surface area contributed by atoms with E-state index in [-0.39, 0.29) is 76.2 Å². The van der Waals surface area contributed by atoms with Gasteiger partial charge in [0.2, 0.25) is 0 Å². The lowest BCUT2D eigenvalue weighted by atomic mass is 9.36. The third-order valence-corrected chi connectivity index (χ3v) is 15.5. The topological polar surface area (TPSA) is 121 Å². The molecule has 0 heterocycles. The molecule has 12 atom stereocenters. The Hall–Kier alpha value is -1.09. The highest BCUT2D eigenvalue weighted by molar-refractivity contribution is 6.52. The number of aliphatic hydroxyl groups is 3. The van der Waals surface area contributed by atoms with Crippen LogP contribution in [0.3, 0.4) is 0 Å². The van der Waals surface area contributed by atoms with E-state index in [1.165, 1.54) is 13.8 Å². The molecule has 0 bridgehead atoms. The van der Waals surface area contributed by atoms with Gasteiger partial charge in [0.1, 0.15) is 11.2 Å². The van der Waals surface area contributed by atoms with Crippen molar-refractivity contribution in [1.29, 1.82) is 0 Å². The number of ketones is 2. The highest BCUT2D eigenvalue weighted by Crippen LogP contribution is 2.73. The molecule has 4 aliphatic rings. The van der Waals surface area contributed by atoms with Crippen molar-refractivity contribution in [2.45, 2.75) is 144 Å². The van der Waals surface area contributed by atoms with Gasteiger partial charge in [-0.25, -0.2) is 0 Å². The Bertz CT molecular complexity index is 1100. The molecular weight excluding hydrogens is 560 g/mol. The second-order valence-electron chi connectivity index (χ2n) is 17.0. The number of carbonyl (C=O) groups is 3. The average molecular weight is 620 g/mol. The van der Waals surface area contributed by atoms with Crippen LogP contribution in [0.4, 0.5) is 0 Å². The zero-order valence-corrected chi connectivity index (χ0v) is 29.5. The van der Waals surface area contributed by atoms with E-state index in [0.29, 0.717) is 38.5 Å². The Morgan fingerprint density at radius 1 is 1.00 bits per heavy atom. The monoisotopic (exact) mass is 619 g/mol. The molecule has 1 radical (unpaired) electrons. The molecule has 4 aliphatic carbocycles. The minimum absolute atomic E-state index is 0.0428. The van der Waals surface area contributed by atoms with Crippen molar-refractivity contribution >= 4 is 26.6 Å². The quantitative estimate of drug-likeness (QED) is 0.296. The molecule has 0 aliphatic heterocycles. The van der Waals surface area contributed by atoms with Crippen LogP contribution in [-0.4, -0.2) is 59.2 Å². The maximum absolute atomic E-state index is 13.6. The summed E-state index contributed by atoms with van der Waals surface area (Å²) < 4.78 is 5.82. The fraction of sp³-hybridized carbons (Fsp3) is 0.914. The lowest BCUT2D eigenvalue weighted by Crippen LogP contribution is -2.73. The van der Waals surface area contributed by atoms with E-state index in [0.717, 1.165) is 12.5 Å². The van der Waals surface area contributed by atoms with Gasteiger partial charge < -0.3 is 19.7 Å². The zero-order valence-electron chi connectivity index (χ0n) is 28.5. The van der Waals surface area contributed by atoms with Crippen LogP contribution in [0.25, 0.3) is 0 Å². The Labute approximate surface area is 261 Å². The third-order valence-electron chi connectivity index (χ3n) is 13.4. The van der Waals surface area contributed by atoms with E-state index in [1.54, 1.807) is 0 Å². The minimum Gasteiger partial charge on any atom is -0.518 e. The van der Waals surface area contributed by atoms with Gasteiger partial charge in [-0.05, 0) is 118 Å². The molecule has 4 rings (SSSR count). The fourth-order valence-corrected chi connectivity index (χ4v) is 13.3. The number of rotatable bonds is 8. The largest absolute Gasteiger partial charge is 0.518 e. The molecule has 7 nitrogen and oxygen atoms in total. The van der Waals surface area contributed by atoms with Gasteiger partial charge in [0.25, 0.3) is 15.0 Å². The minimum atomic E-state index is -1.61. The summed E-state index contributed by atoms with van der Waals surface area (Å²) in [5.41, 5.74) is -4.24.